The second kappa shape index (κ2) is 6.70. The van der Waals surface area contributed by atoms with Gasteiger partial charge in [0.15, 0.2) is 4.96 Å². The Balaban J connectivity index is 1.60. The van der Waals surface area contributed by atoms with Crippen LogP contribution >= 0.6 is 27.3 Å². The molecular weight excluding hydrogens is 402 g/mol. The van der Waals surface area contributed by atoms with E-state index in [1.807, 2.05) is 34.2 Å². The highest BCUT2D eigenvalue weighted by Crippen LogP contribution is 2.23. The first-order valence-electron chi connectivity index (χ1n) is 7.96. The van der Waals surface area contributed by atoms with E-state index in [0.717, 1.165) is 27.3 Å². The molecule has 0 spiro atoms. The highest BCUT2D eigenvalue weighted by molar-refractivity contribution is 9.10. The molecule has 6 nitrogen and oxygen atoms in total. The van der Waals surface area contributed by atoms with Crippen molar-refractivity contribution in [3.63, 3.8) is 0 Å². The van der Waals surface area contributed by atoms with Crippen molar-refractivity contribution in [1.82, 2.24) is 24.3 Å². The minimum Gasteiger partial charge on any atom is -0.309 e. The van der Waals surface area contributed by atoms with Gasteiger partial charge in [-0.3, -0.25) is 14.1 Å². The Kier molecular flexibility index (Phi) is 4.41. The van der Waals surface area contributed by atoms with E-state index in [9.17, 15) is 4.79 Å². The molecule has 0 aliphatic carbocycles. The molecule has 0 bridgehead atoms. The topological polar surface area (TPSA) is 66.3 Å². The van der Waals surface area contributed by atoms with E-state index >= 15 is 0 Å². The number of thiazole rings is 1. The Labute approximate surface area is 156 Å². The third-order valence-corrected chi connectivity index (χ3v) is 5.72. The standard InChI is InChI=1S/C17H16BrN5OS/c1-2-22(9-13-15(18)23-7-8-25-17(23)20-13)10-14-19-12-6-4-3-5-11(12)16(24)21-14/h3-8H,2,9-10H2,1H3,(H,19,21,24). The Morgan fingerprint density at radius 3 is 2.92 bits per heavy atom. The zero-order valence-electron chi connectivity index (χ0n) is 13.6. The minimum absolute atomic E-state index is 0.0969. The first-order valence-corrected chi connectivity index (χ1v) is 9.63. The van der Waals surface area contributed by atoms with Gasteiger partial charge in [-0.2, -0.15) is 0 Å². The summed E-state index contributed by atoms with van der Waals surface area (Å²) in [4.78, 5) is 27.5. The van der Waals surface area contributed by atoms with E-state index < -0.39 is 0 Å². The zero-order chi connectivity index (χ0) is 17.4. The van der Waals surface area contributed by atoms with E-state index in [0.29, 0.717) is 24.3 Å². The summed E-state index contributed by atoms with van der Waals surface area (Å²) >= 11 is 5.23. The van der Waals surface area contributed by atoms with Crippen LogP contribution in [0.15, 0.2) is 45.2 Å². The van der Waals surface area contributed by atoms with Gasteiger partial charge in [0.05, 0.1) is 23.1 Å². The second-order valence-corrected chi connectivity index (χ2v) is 7.36. The number of nitrogens with zero attached hydrogens (tertiary/aromatic N) is 4. The number of para-hydroxylation sites is 1. The third-order valence-electron chi connectivity index (χ3n) is 4.13. The van der Waals surface area contributed by atoms with Gasteiger partial charge < -0.3 is 4.98 Å². The van der Waals surface area contributed by atoms with Crippen LogP contribution in [0.3, 0.4) is 0 Å². The lowest BCUT2D eigenvalue weighted by Crippen LogP contribution is -2.25. The molecule has 8 heteroatoms. The largest absolute Gasteiger partial charge is 0.309 e. The van der Waals surface area contributed by atoms with Crippen LogP contribution in [-0.4, -0.2) is 30.8 Å². The van der Waals surface area contributed by atoms with Gasteiger partial charge >= 0.3 is 0 Å². The molecule has 0 atom stereocenters. The smallest absolute Gasteiger partial charge is 0.258 e. The Bertz CT molecular complexity index is 1100. The van der Waals surface area contributed by atoms with Gasteiger partial charge in [0.1, 0.15) is 10.4 Å². The number of imidazole rings is 1. The molecule has 0 radical (unpaired) electrons. The average Bonchev–Trinajstić information content (AvgIpc) is 3.18. The molecule has 0 saturated carbocycles. The van der Waals surface area contributed by atoms with E-state index in [2.05, 4.69) is 42.7 Å². The monoisotopic (exact) mass is 417 g/mol. The summed E-state index contributed by atoms with van der Waals surface area (Å²) in [5, 5.41) is 2.63. The summed E-state index contributed by atoms with van der Waals surface area (Å²) in [6.45, 7) is 4.16. The number of aromatic nitrogens is 4. The van der Waals surface area contributed by atoms with Crippen molar-refractivity contribution in [3.8, 4) is 0 Å². The van der Waals surface area contributed by atoms with Gasteiger partial charge in [-0.05, 0) is 34.6 Å². The van der Waals surface area contributed by atoms with E-state index in [1.54, 1.807) is 17.4 Å². The van der Waals surface area contributed by atoms with Crippen LogP contribution in [-0.2, 0) is 13.1 Å². The van der Waals surface area contributed by atoms with Crippen molar-refractivity contribution in [2.75, 3.05) is 6.54 Å². The number of benzene rings is 1. The molecule has 25 heavy (non-hydrogen) atoms. The van der Waals surface area contributed by atoms with E-state index in [1.165, 1.54) is 0 Å². The van der Waals surface area contributed by atoms with Gasteiger partial charge in [0.25, 0.3) is 5.56 Å². The molecule has 1 N–H and O–H groups in total. The van der Waals surface area contributed by atoms with Crippen molar-refractivity contribution in [3.05, 3.63) is 62.3 Å². The van der Waals surface area contributed by atoms with Gasteiger partial charge in [-0.25, -0.2) is 9.97 Å². The summed E-state index contributed by atoms with van der Waals surface area (Å²) in [5.74, 6) is 0.669. The minimum atomic E-state index is -0.0969. The summed E-state index contributed by atoms with van der Waals surface area (Å²) in [7, 11) is 0. The summed E-state index contributed by atoms with van der Waals surface area (Å²) in [5.41, 5.74) is 1.61. The molecule has 0 fully saturated rings. The molecular formula is C17H16BrN5OS. The summed E-state index contributed by atoms with van der Waals surface area (Å²) < 4.78 is 3.01. The molecule has 0 aliphatic rings. The van der Waals surface area contributed by atoms with Crippen molar-refractivity contribution < 1.29 is 0 Å². The maximum absolute atomic E-state index is 12.2. The summed E-state index contributed by atoms with van der Waals surface area (Å²) in [6, 6.07) is 7.40. The Hall–Kier alpha value is -2.03. The predicted octanol–water partition coefficient (Wildman–Crippen LogP) is 3.42. The Morgan fingerprint density at radius 2 is 2.12 bits per heavy atom. The lowest BCUT2D eigenvalue weighted by Gasteiger charge is -2.19. The van der Waals surface area contributed by atoms with Gasteiger partial charge in [-0.1, -0.05) is 19.1 Å². The maximum Gasteiger partial charge on any atom is 0.258 e. The molecule has 0 aliphatic heterocycles. The van der Waals surface area contributed by atoms with E-state index in [4.69, 9.17) is 0 Å². The highest BCUT2D eigenvalue weighted by Gasteiger charge is 2.15. The number of nitrogens with one attached hydrogen (secondary N) is 1. The number of H-pyrrole nitrogens is 1. The molecule has 0 saturated heterocycles. The van der Waals surface area contributed by atoms with Crippen molar-refractivity contribution in [2.45, 2.75) is 20.0 Å². The predicted molar refractivity (Wildman–Crippen MR) is 103 cm³/mol. The molecule has 0 unspecified atom stereocenters. The first kappa shape index (κ1) is 16.4. The molecule has 3 aromatic heterocycles. The number of rotatable bonds is 5. The molecule has 4 rings (SSSR count). The van der Waals surface area contributed by atoms with Crippen LogP contribution in [0.2, 0.25) is 0 Å². The molecule has 3 heterocycles. The van der Waals surface area contributed by atoms with Crippen LogP contribution in [0.5, 0.6) is 0 Å². The van der Waals surface area contributed by atoms with Crippen LogP contribution in [0.1, 0.15) is 18.4 Å². The first-order chi connectivity index (χ1) is 12.2. The molecule has 0 amide bonds. The van der Waals surface area contributed by atoms with Crippen LogP contribution in [0.4, 0.5) is 0 Å². The molecule has 128 valence electrons. The zero-order valence-corrected chi connectivity index (χ0v) is 16.0. The van der Waals surface area contributed by atoms with Gasteiger partial charge in [-0.15, -0.1) is 11.3 Å². The summed E-state index contributed by atoms with van der Waals surface area (Å²) in [6.07, 6.45) is 2.00. The van der Waals surface area contributed by atoms with Crippen molar-refractivity contribution >= 4 is 43.1 Å². The van der Waals surface area contributed by atoms with Crippen LogP contribution < -0.4 is 5.56 Å². The normalized spacial score (nSPS) is 11.8. The quantitative estimate of drug-likeness (QED) is 0.540. The fraction of sp³-hybridized carbons (Fsp3) is 0.235. The fourth-order valence-electron chi connectivity index (χ4n) is 2.82. The number of hydrogen-bond acceptors (Lipinski definition) is 5. The lowest BCUT2D eigenvalue weighted by molar-refractivity contribution is 0.261. The van der Waals surface area contributed by atoms with Crippen LogP contribution in [0.25, 0.3) is 15.9 Å². The van der Waals surface area contributed by atoms with Crippen LogP contribution in [0, 0.1) is 0 Å². The SMILES string of the molecule is CCN(Cc1nc2ccccc2c(=O)[nH]1)Cc1nc2sccn2c1Br. The van der Waals surface area contributed by atoms with Crippen molar-refractivity contribution in [1.29, 1.82) is 0 Å². The van der Waals surface area contributed by atoms with E-state index in [-0.39, 0.29) is 5.56 Å². The fourth-order valence-corrected chi connectivity index (χ4v) is 4.17. The average molecular weight is 418 g/mol. The number of halogens is 1. The molecule has 4 aromatic rings. The molecule has 1 aromatic carbocycles. The highest BCUT2D eigenvalue weighted by atomic mass is 79.9. The van der Waals surface area contributed by atoms with Gasteiger partial charge in [0, 0.05) is 18.1 Å². The third kappa shape index (κ3) is 3.12. The lowest BCUT2D eigenvalue weighted by atomic mass is 10.2. The number of aromatic amines is 1. The maximum atomic E-state index is 12.2. The second-order valence-electron chi connectivity index (χ2n) is 5.74. The Morgan fingerprint density at radius 1 is 1.28 bits per heavy atom. The van der Waals surface area contributed by atoms with Gasteiger partial charge in [0.2, 0.25) is 0 Å². The van der Waals surface area contributed by atoms with Crippen molar-refractivity contribution in [2.24, 2.45) is 0 Å². The number of fused-ring (bicyclic) bond motifs is 2. The number of hydrogen-bond donors (Lipinski definition) is 1.